The van der Waals surface area contributed by atoms with Crippen LogP contribution in [0.25, 0.3) is 11.4 Å². The average molecular weight is 391 g/mol. The molecule has 0 amide bonds. The molecule has 4 rings (SSSR count). The molecule has 0 aliphatic heterocycles. The maximum absolute atomic E-state index is 10.8. The fourth-order valence-electron chi connectivity index (χ4n) is 2.52. The first-order chi connectivity index (χ1) is 13.7. The monoisotopic (exact) mass is 391 g/mol. The topological polar surface area (TPSA) is 113 Å². The van der Waals surface area contributed by atoms with Crippen molar-refractivity contribution < 1.29 is 4.92 Å². The zero-order valence-electron chi connectivity index (χ0n) is 14.4. The van der Waals surface area contributed by atoms with Crippen LogP contribution in [0.2, 0.25) is 0 Å². The van der Waals surface area contributed by atoms with E-state index in [1.165, 1.54) is 24.2 Å². The van der Waals surface area contributed by atoms with Crippen molar-refractivity contribution in [2.75, 3.05) is 0 Å². The summed E-state index contributed by atoms with van der Waals surface area (Å²) < 4.78 is 1.95. The van der Waals surface area contributed by atoms with Crippen molar-refractivity contribution in [1.29, 1.82) is 0 Å². The molecule has 0 saturated carbocycles. The predicted octanol–water partition coefficient (Wildman–Crippen LogP) is 3.24. The van der Waals surface area contributed by atoms with Crippen LogP contribution >= 0.6 is 11.8 Å². The molecule has 3 heterocycles. The summed E-state index contributed by atoms with van der Waals surface area (Å²) in [6, 6.07) is 13.7. The van der Waals surface area contributed by atoms with E-state index in [0.717, 1.165) is 11.1 Å². The maximum atomic E-state index is 10.8. The molecule has 0 aliphatic carbocycles. The van der Waals surface area contributed by atoms with Gasteiger partial charge in [0, 0.05) is 18.0 Å². The van der Waals surface area contributed by atoms with E-state index < -0.39 is 4.92 Å². The molecule has 0 fully saturated rings. The molecule has 0 spiro atoms. The van der Waals surface area contributed by atoms with Gasteiger partial charge < -0.3 is 0 Å². The van der Waals surface area contributed by atoms with Gasteiger partial charge in [-0.15, -0.1) is 10.2 Å². The molecule has 0 aliphatic rings. The summed E-state index contributed by atoms with van der Waals surface area (Å²) in [6.07, 6.45) is 5.77. The highest BCUT2D eigenvalue weighted by Gasteiger charge is 2.17. The van der Waals surface area contributed by atoms with E-state index in [4.69, 9.17) is 0 Å². The number of hydrogen-bond donors (Lipinski definition) is 0. The molecule has 0 radical (unpaired) electrons. The fourth-order valence-corrected chi connectivity index (χ4v) is 3.24. The van der Waals surface area contributed by atoms with Gasteiger partial charge in [0.1, 0.15) is 12.4 Å². The van der Waals surface area contributed by atoms with Crippen molar-refractivity contribution in [2.45, 2.75) is 16.9 Å². The van der Waals surface area contributed by atoms with E-state index >= 15 is 0 Å². The van der Waals surface area contributed by atoms with Gasteiger partial charge in [-0.05, 0) is 29.5 Å². The van der Waals surface area contributed by atoms with Crippen LogP contribution in [0.15, 0.2) is 77.6 Å². The molecular formula is C18H13N7O2S. The molecule has 0 saturated heterocycles. The Balaban J connectivity index is 1.70. The molecule has 9 nitrogen and oxygen atoms in total. The molecule has 0 atom stereocenters. The van der Waals surface area contributed by atoms with Crippen LogP contribution in [0.3, 0.4) is 0 Å². The van der Waals surface area contributed by atoms with Gasteiger partial charge in [-0.1, -0.05) is 30.3 Å². The first kappa shape index (κ1) is 17.7. The average Bonchev–Trinajstić information content (AvgIpc) is 3.12. The molecule has 0 N–H and O–H groups in total. The molecule has 1 aromatic carbocycles. The summed E-state index contributed by atoms with van der Waals surface area (Å²) in [4.78, 5) is 22.5. The fraction of sp³-hybridized carbons (Fsp3) is 0.0556. The van der Waals surface area contributed by atoms with Gasteiger partial charge >= 0.3 is 5.69 Å². The normalized spacial score (nSPS) is 10.7. The summed E-state index contributed by atoms with van der Waals surface area (Å²) in [5.41, 5.74) is 1.76. The smallest absolute Gasteiger partial charge is 0.297 e. The van der Waals surface area contributed by atoms with E-state index in [1.807, 2.05) is 47.0 Å². The van der Waals surface area contributed by atoms with Crippen molar-refractivity contribution in [1.82, 2.24) is 29.7 Å². The summed E-state index contributed by atoms with van der Waals surface area (Å²) in [5, 5.41) is 20.3. The minimum absolute atomic E-state index is 0.161. The van der Waals surface area contributed by atoms with Crippen LogP contribution < -0.4 is 0 Å². The number of benzene rings is 1. The van der Waals surface area contributed by atoms with Crippen molar-refractivity contribution in [3.8, 4) is 11.4 Å². The van der Waals surface area contributed by atoms with Gasteiger partial charge in [0.15, 0.2) is 16.1 Å². The second-order valence-electron chi connectivity index (χ2n) is 5.70. The minimum atomic E-state index is -0.535. The van der Waals surface area contributed by atoms with Crippen molar-refractivity contribution in [2.24, 2.45) is 0 Å². The number of aromatic nitrogens is 6. The number of hydrogen-bond acceptors (Lipinski definition) is 8. The maximum Gasteiger partial charge on any atom is 0.305 e. The molecule has 0 unspecified atom stereocenters. The molecule has 138 valence electrons. The third-order valence-electron chi connectivity index (χ3n) is 3.83. The van der Waals surface area contributed by atoms with Crippen LogP contribution in [-0.4, -0.2) is 34.6 Å². The first-order valence-electron chi connectivity index (χ1n) is 8.22. The molecule has 10 heteroatoms. The molecule has 4 aromatic rings. The SMILES string of the molecule is O=[N+]([O-])c1cnc(Sc2nnc(-c3cccnc3)n2Cc2ccccc2)nc1. The zero-order chi connectivity index (χ0) is 19.3. The standard InChI is InChI=1S/C18H13N7O2S/c26-25(27)15-10-20-17(21-11-15)28-18-23-22-16(14-7-4-8-19-9-14)24(18)12-13-5-2-1-3-6-13/h1-11H,12H2. The van der Waals surface area contributed by atoms with E-state index in [1.54, 1.807) is 12.4 Å². The Bertz CT molecular complexity index is 1090. The molecule has 3 aromatic heterocycles. The largest absolute Gasteiger partial charge is 0.305 e. The summed E-state index contributed by atoms with van der Waals surface area (Å²) in [6.45, 7) is 0.549. The Morgan fingerprint density at radius 3 is 2.46 bits per heavy atom. The van der Waals surface area contributed by atoms with Gasteiger partial charge in [-0.25, -0.2) is 9.97 Å². The quantitative estimate of drug-likeness (QED) is 0.280. The Kier molecular flexibility index (Phi) is 5.02. The van der Waals surface area contributed by atoms with E-state index in [2.05, 4.69) is 25.1 Å². The van der Waals surface area contributed by atoms with Crippen LogP contribution in [0.5, 0.6) is 0 Å². The molecule has 28 heavy (non-hydrogen) atoms. The highest BCUT2D eigenvalue weighted by molar-refractivity contribution is 7.99. The number of rotatable bonds is 6. The van der Waals surface area contributed by atoms with Crippen LogP contribution in [-0.2, 0) is 6.54 Å². The van der Waals surface area contributed by atoms with Crippen molar-refractivity contribution >= 4 is 17.4 Å². The van der Waals surface area contributed by atoms with Gasteiger partial charge in [-0.2, -0.15) is 0 Å². The van der Waals surface area contributed by atoms with Crippen molar-refractivity contribution in [3.05, 3.63) is 82.9 Å². The summed E-state index contributed by atoms with van der Waals surface area (Å²) in [7, 11) is 0. The van der Waals surface area contributed by atoms with Crippen LogP contribution in [0, 0.1) is 10.1 Å². The third-order valence-corrected chi connectivity index (χ3v) is 4.71. The lowest BCUT2D eigenvalue weighted by Crippen LogP contribution is -2.04. The highest BCUT2D eigenvalue weighted by atomic mass is 32.2. The predicted molar refractivity (Wildman–Crippen MR) is 102 cm³/mol. The van der Waals surface area contributed by atoms with Crippen molar-refractivity contribution in [3.63, 3.8) is 0 Å². The number of nitro groups is 1. The second kappa shape index (κ2) is 7.92. The Labute approximate surface area is 163 Å². The van der Waals surface area contributed by atoms with Gasteiger partial charge in [0.05, 0.1) is 11.5 Å². The van der Waals surface area contributed by atoms with Crippen LogP contribution in [0.1, 0.15) is 5.56 Å². The van der Waals surface area contributed by atoms with E-state index in [-0.39, 0.29) is 5.69 Å². The van der Waals surface area contributed by atoms with Gasteiger partial charge in [-0.3, -0.25) is 19.7 Å². The Morgan fingerprint density at radius 2 is 1.79 bits per heavy atom. The van der Waals surface area contributed by atoms with Crippen LogP contribution in [0.4, 0.5) is 5.69 Å². The number of pyridine rings is 1. The number of nitrogens with zero attached hydrogens (tertiary/aromatic N) is 7. The first-order valence-corrected chi connectivity index (χ1v) is 9.04. The van der Waals surface area contributed by atoms with Gasteiger partial charge in [0.25, 0.3) is 0 Å². The minimum Gasteiger partial charge on any atom is -0.297 e. The highest BCUT2D eigenvalue weighted by Crippen LogP contribution is 2.28. The lowest BCUT2D eigenvalue weighted by molar-refractivity contribution is -0.385. The summed E-state index contributed by atoms with van der Waals surface area (Å²) in [5.74, 6) is 0.668. The van der Waals surface area contributed by atoms with E-state index in [9.17, 15) is 10.1 Å². The molecule has 0 bridgehead atoms. The van der Waals surface area contributed by atoms with Gasteiger partial charge in [0.2, 0.25) is 0 Å². The van der Waals surface area contributed by atoms with E-state index in [0.29, 0.717) is 22.7 Å². The third kappa shape index (κ3) is 3.86. The Hall–Kier alpha value is -3.66. The summed E-state index contributed by atoms with van der Waals surface area (Å²) >= 11 is 1.19. The lowest BCUT2D eigenvalue weighted by Gasteiger charge is -2.10. The second-order valence-corrected chi connectivity index (χ2v) is 6.64. The lowest BCUT2D eigenvalue weighted by atomic mass is 10.2. The Morgan fingerprint density at radius 1 is 1.00 bits per heavy atom. The zero-order valence-corrected chi connectivity index (χ0v) is 15.2. The molecular weight excluding hydrogens is 378 g/mol.